The smallest absolute Gasteiger partial charge is 0.113 e. The number of aryl methyl sites for hydroxylation is 1. The molecule has 2 nitrogen and oxygen atoms in total. The molecule has 1 aliphatic rings. The molecule has 1 fully saturated rings. The van der Waals surface area contributed by atoms with Crippen LogP contribution in [0.4, 0.5) is 0 Å². The molecule has 0 amide bonds. The highest BCUT2D eigenvalue weighted by molar-refractivity contribution is 5.15. The molecular formula is C13H18O2. The summed E-state index contributed by atoms with van der Waals surface area (Å²) in [6, 6.07) is 10.2. The summed E-state index contributed by atoms with van der Waals surface area (Å²) in [4.78, 5) is 0. The molecule has 0 radical (unpaired) electrons. The van der Waals surface area contributed by atoms with Crippen LogP contribution in [0.5, 0.6) is 0 Å². The number of epoxide rings is 1. The summed E-state index contributed by atoms with van der Waals surface area (Å²) in [6.07, 6.45) is 1.39. The zero-order valence-electron chi connectivity index (χ0n) is 9.31. The van der Waals surface area contributed by atoms with E-state index in [9.17, 15) is 5.11 Å². The van der Waals surface area contributed by atoms with Gasteiger partial charge in [-0.25, -0.2) is 0 Å². The third-order valence-electron chi connectivity index (χ3n) is 2.98. The van der Waals surface area contributed by atoms with Gasteiger partial charge in [0.2, 0.25) is 0 Å². The van der Waals surface area contributed by atoms with Crippen LogP contribution in [-0.4, -0.2) is 22.9 Å². The van der Waals surface area contributed by atoms with Gasteiger partial charge in [0.05, 0.1) is 11.7 Å². The van der Waals surface area contributed by atoms with E-state index in [1.165, 1.54) is 5.56 Å². The minimum Gasteiger partial charge on any atom is -0.390 e. The molecule has 1 heterocycles. The average molecular weight is 206 g/mol. The molecule has 15 heavy (non-hydrogen) atoms. The Labute approximate surface area is 90.9 Å². The van der Waals surface area contributed by atoms with Crippen LogP contribution in [0.25, 0.3) is 0 Å². The molecule has 1 N–H and O–H groups in total. The number of hydrogen-bond donors (Lipinski definition) is 1. The number of benzene rings is 1. The van der Waals surface area contributed by atoms with E-state index < -0.39 is 0 Å². The van der Waals surface area contributed by atoms with E-state index in [2.05, 4.69) is 12.1 Å². The second-order valence-electron chi connectivity index (χ2n) is 4.73. The maximum absolute atomic E-state index is 9.86. The quantitative estimate of drug-likeness (QED) is 0.766. The van der Waals surface area contributed by atoms with Gasteiger partial charge in [-0.2, -0.15) is 0 Å². The molecule has 1 aliphatic heterocycles. The molecule has 0 saturated carbocycles. The second kappa shape index (κ2) is 3.95. The fourth-order valence-electron chi connectivity index (χ4n) is 1.95. The summed E-state index contributed by atoms with van der Waals surface area (Å²) in [5.41, 5.74) is 1.16. The Balaban J connectivity index is 1.80. The predicted molar refractivity (Wildman–Crippen MR) is 59.7 cm³/mol. The first-order valence-electron chi connectivity index (χ1n) is 5.49. The maximum atomic E-state index is 9.86. The molecule has 2 heteroatoms. The highest BCUT2D eigenvalue weighted by Crippen LogP contribution is 2.38. The Hall–Kier alpha value is -0.860. The van der Waals surface area contributed by atoms with Crippen molar-refractivity contribution >= 4 is 0 Å². The van der Waals surface area contributed by atoms with Gasteiger partial charge in [0.15, 0.2) is 0 Å². The van der Waals surface area contributed by atoms with Crippen molar-refractivity contribution in [1.82, 2.24) is 0 Å². The number of hydrogen-bond acceptors (Lipinski definition) is 2. The van der Waals surface area contributed by atoms with Crippen LogP contribution in [0.1, 0.15) is 25.8 Å². The van der Waals surface area contributed by atoms with Crippen molar-refractivity contribution in [2.45, 2.75) is 44.5 Å². The highest BCUT2D eigenvalue weighted by Gasteiger charge is 2.51. The Bertz CT molecular complexity index is 319. The molecule has 0 aromatic heterocycles. The minimum atomic E-state index is -0.333. The molecule has 82 valence electrons. The van der Waals surface area contributed by atoms with Gasteiger partial charge in [-0.05, 0) is 32.3 Å². The number of aliphatic hydroxyl groups excluding tert-OH is 1. The van der Waals surface area contributed by atoms with Gasteiger partial charge in [0.1, 0.15) is 6.10 Å². The van der Waals surface area contributed by atoms with Gasteiger partial charge < -0.3 is 9.84 Å². The molecule has 2 atom stereocenters. The Morgan fingerprint density at radius 1 is 1.33 bits per heavy atom. The van der Waals surface area contributed by atoms with Crippen LogP contribution in [0, 0.1) is 0 Å². The summed E-state index contributed by atoms with van der Waals surface area (Å²) in [6.45, 7) is 4.03. The molecule has 0 spiro atoms. The zero-order chi connectivity index (χ0) is 10.9. The average Bonchev–Trinajstić information content (AvgIpc) is 2.86. The van der Waals surface area contributed by atoms with Gasteiger partial charge in [-0.15, -0.1) is 0 Å². The third-order valence-corrected chi connectivity index (χ3v) is 2.98. The van der Waals surface area contributed by atoms with Gasteiger partial charge in [0, 0.05) is 0 Å². The maximum Gasteiger partial charge on any atom is 0.113 e. The van der Waals surface area contributed by atoms with Gasteiger partial charge in [-0.1, -0.05) is 30.3 Å². The second-order valence-corrected chi connectivity index (χ2v) is 4.73. The lowest BCUT2D eigenvalue weighted by atomic mass is 10.00. The van der Waals surface area contributed by atoms with Crippen molar-refractivity contribution in [3.63, 3.8) is 0 Å². The predicted octanol–water partition coefficient (Wildman–Crippen LogP) is 2.16. The van der Waals surface area contributed by atoms with E-state index in [0.29, 0.717) is 0 Å². The van der Waals surface area contributed by atoms with E-state index in [4.69, 9.17) is 4.74 Å². The Morgan fingerprint density at radius 2 is 1.93 bits per heavy atom. The van der Waals surface area contributed by atoms with Crippen LogP contribution in [0.2, 0.25) is 0 Å². The monoisotopic (exact) mass is 206 g/mol. The van der Waals surface area contributed by atoms with Crippen molar-refractivity contribution in [2.75, 3.05) is 0 Å². The number of aliphatic hydroxyl groups is 1. The van der Waals surface area contributed by atoms with E-state index >= 15 is 0 Å². The molecule has 1 saturated heterocycles. The summed E-state index contributed by atoms with van der Waals surface area (Å²) >= 11 is 0. The summed E-state index contributed by atoms with van der Waals surface area (Å²) < 4.78 is 5.40. The summed E-state index contributed by atoms with van der Waals surface area (Å²) in [5, 5.41) is 9.86. The standard InChI is InChI=1S/C13H18O2/c1-13(2)12(15-13)11(14)9-8-10-6-4-3-5-7-10/h3-7,11-12,14H,8-9H2,1-2H3/t11-,12?/m1/s1. The first-order valence-corrected chi connectivity index (χ1v) is 5.49. The lowest BCUT2D eigenvalue weighted by Gasteiger charge is -2.08. The molecule has 0 bridgehead atoms. The van der Waals surface area contributed by atoms with Gasteiger partial charge >= 0.3 is 0 Å². The highest BCUT2D eigenvalue weighted by atomic mass is 16.6. The van der Waals surface area contributed by atoms with Crippen LogP contribution in [0.3, 0.4) is 0 Å². The lowest BCUT2D eigenvalue weighted by molar-refractivity contribution is 0.126. The molecule has 1 aromatic rings. The van der Waals surface area contributed by atoms with Crippen molar-refractivity contribution in [3.05, 3.63) is 35.9 Å². The molecule has 1 aromatic carbocycles. The lowest BCUT2D eigenvalue weighted by Crippen LogP contribution is -2.21. The van der Waals surface area contributed by atoms with E-state index in [1.54, 1.807) is 0 Å². The summed E-state index contributed by atoms with van der Waals surface area (Å²) in [5.74, 6) is 0. The first kappa shape index (κ1) is 10.7. The zero-order valence-corrected chi connectivity index (χ0v) is 9.31. The largest absolute Gasteiger partial charge is 0.390 e. The fraction of sp³-hybridized carbons (Fsp3) is 0.538. The van der Waals surface area contributed by atoms with Crippen LogP contribution in [-0.2, 0) is 11.2 Å². The molecule has 2 rings (SSSR count). The van der Waals surface area contributed by atoms with E-state index in [0.717, 1.165) is 12.8 Å². The molecule has 1 unspecified atom stereocenters. The van der Waals surface area contributed by atoms with Crippen molar-refractivity contribution < 1.29 is 9.84 Å². The van der Waals surface area contributed by atoms with Crippen molar-refractivity contribution in [1.29, 1.82) is 0 Å². The van der Waals surface area contributed by atoms with Crippen LogP contribution >= 0.6 is 0 Å². The topological polar surface area (TPSA) is 32.8 Å². The number of rotatable bonds is 4. The van der Waals surface area contributed by atoms with E-state index in [-0.39, 0.29) is 17.8 Å². The van der Waals surface area contributed by atoms with Crippen LogP contribution in [0.15, 0.2) is 30.3 Å². The fourth-order valence-corrected chi connectivity index (χ4v) is 1.95. The Morgan fingerprint density at radius 3 is 2.47 bits per heavy atom. The minimum absolute atomic E-state index is 0.0289. The van der Waals surface area contributed by atoms with Gasteiger partial charge in [0.25, 0.3) is 0 Å². The number of ether oxygens (including phenoxy) is 1. The normalized spacial score (nSPS) is 24.9. The van der Waals surface area contributed by atoms with E-state index in [1.807, 2.05) is 32.0 Å². The Kier molecular flexibility index (Phi) is 2.81. The molecular weight excluding hydrogens is 188 g/mol. The van der Waals surface area contributed by atoms with Crippen molar-refractivity contribution in [2.24, 2.45) is 0 Å². The summed E-state index contributed by atoms with van der Waals surface area (Å²) in [7, 11) is 0. The third kappa shape index (κ3) is 2.58. The van der Waals surface area contributed by atoms with Crippen molar-refractivity contribution in [3.8, 4) is 0 Å². The molecule has 0 aliphatic carbocycles. The van der Waals surface area contributed by atoms with Gasteiger partial charge in [-0.3, -0.25) is 0 Å². The first-order chi connectivity index (χ1) is 7.09. The SMILES string of the molecule is CC1(C)OC1[C@H](O)CCc1ccccc1. The van der Waals surface area contributed by atoms with Crippen LogP contribution < -0.4 is 0 Å².